The van der Waals surface area contributed by atoms with E-state index in [0.29, 0.717) is 22.4 Å². The Morgan fingerprint density at radius 3 is 2.52 bits per heavy atom. The minimum atomic E-state index is -1.36. The third-order valence-electron chi connectivity index (χ3n) is 4.27. The molecule has 1 aromatic heterocycles. The smallest absolute Gasteiger partial charge is 0.253 e. The van der Waals surface area contributed by atoms with Crippen molar-refractivity contribution in [2.24, 2.45) is 5.73 Å². The maximum absolute atomic E-state index is 11.9. The number of aliphatic hydroxyl groups is 1. The molecule has 0 bridgehead atoms. The Bertz CT molecular complexity index is 1000. The van der Waals surface area contributed by atoms with Gasteiger partial charge in [-0.3, -0.25) is 9.59 Å². The number of carbonyl (C=O) groups excluding carboxylic acids is 2. The molecule has 7 heteroatoms. The van der Waals surface area contributed by atoms with Crippen molar-refractivity contribution in [2.45, 2.75) is 6.10 Å². The van der Waals surface area contributed by atoms with Crippen LogP contribution in [0.4, 0.5) is 5.69 Å². The van der Waals surface area contributed by atoms with Crippen molar-refractivity contribution in [3.05, 3.63) is 65.0 Å². The molecule has 2 aromatic carbocycles. The molecule has 0 spiro atoms. The van der Waals surface area contributed by atoms with E-state index in [1.807, 2.05) is 29.6 Å². The number of nitrogens with two attached hydrogens (primary N) is 2. The third kappa shape index (κ3) is 3.69. The van der Waals surface area contributed by atoms with Crippen LogP contribution in [-0.4, -0.2) is 24.0 Å². The highest BCUT2D eigenvalue weighted by atomic mass is 32.1. The van der Waals surface area contributed by atoms with Gasteiger partial charge in [0, 0.05) is 28.7 Å². The number of carbonyl (C=O) groups is 2. The molecular formula is C20H19N3O3S. The number of hydrogen-bond acceptors (Lipinski definition) is 5. The molecule has 0 aliphatic rings. The average molecular weight is 381 g/mol. The highest BCUT2D eigenvalue weighted by Crippen LogP contribution is 2.36. The standard InChI is InChI=1S/C20H19N3O3S/c1-23-20(26)18(24)12-4-6-13(19(22)25)14(10-12)15-9-11(5-7-16(15)21)17-3-2-8-27-17/h2-10,18,24H,21H2,1H3,(H2,22,25)(H,23,26). The number of likely N-dealkylation sites (N-methyl/N-ethyl adjacent to an activating group) is 1. The van der Waals surface area contributed by atoms with E-state index in [0.717, 1.165) is 10.4 Å². The zero-order chi connectivity index (χ0) is 19.6. The summed E-state index contributed by atoms with van der Waals surface area (Å²) < 4.78 is 0. The van der Waals surface area contributed by atoms with Gasteiger partial charge in [-0.15, -0.1) is 11.3 Å². The topological polar surface area (TPSA) is 118 Å². The maximum atomic E-state index is 11.9. The predicted molar refractivity (Wildman–Crippen MR) is 107 cm³/mol. The van der Waals surface area contributed by atoms with Crippen molar-refractivity contribution in [1.82, 2.24) is 5.32 Å². The van der Waals surface area contributed by atoms with Crippen LogP contribution >= 0.6 is 11.3 Å². The lowest BCUT2D eigenvalue weighted by molar-refractivity contribution is -0.129. The number of nitrogens with one attached hydrogen (secondary N) is 1. The van der Waals surface area contributed by atoms with Crippen molar-refractivity contribution in [2.75, 3.05) is 12.8 Å². The molecule has 0 saturated heterocycles. The van der Waals surface area contributed by atoms with Crippen LogP contribution in [0.1, 0.15) is 22.0 Å². The summed E-state index contributed by atoms with van der Waals surface area (Å²) >= 11 is 1.59. The van der Waals surface area contributed by atoms with Crippen LogP contribution in [0.3, 0.4) is 0 Å². The Balaban J connectivity index is 2.18. The number of nitrogen functional groups attached to an aromatic ring is 1. The van der Waals surface area contributed by atoms with Crippen molar-refractivity contribution in [3.8, 4) is 21.6 Å². The van der Waals surface area contributed by atoms with Gasteiger partial charge in [0.15, 0.2) is 6.10 Å². The van der Waals surface area contributed by atoms with Gasteiger partial charge in [0.05, 0.1) is 0 Å². The monoisotopic (exact) mass is 381 g/mol. The SMILES string of the molecule is CNC(=O)C(O)c1ccc(C(N)=O)c(-c2cc(-c3cccs3)ccc2N)c1. The Kier molecular flexibility index (Phi) is 5.25. The van der Waals surface area contributed by atoms with Crippen molar-refractivity contribution < 1.29 is 14.7 Å². The highest BCUT2D eigenvalue weighted by molar-refractivity contribution is 7.13. The van der Waals surface area contributed by atoms with Gasteiger partial charge in [0.1, 0.15) is 0 Å². The van der Waals surface area contributed by atoms with Gasteiger partial charge in [-0.25, -0.2) is 0 Å². The Hall–Kier alpha value is -3.16. The largest absolute Gasteiger partial charge is 0.398 e. The summed E-state index contributed by atoms with van der Waals surface area (Å²) in [4.78, 5) is 24.8. The molecule has 1 heterocycles. The molecule has 2 amide bonds. The third-order valence-corrected chi connectivity index (χ3v) is 5.19. The Morgan fingerprint density at radius 2 is 1.89 bits per heavy atom. The first-order valence-corrected chi connectivity index (χ1v) is 9.07. The normalized spacial score (nSPS) is 11.8. The van der Waals surface area contributed by atoms with E-state index >= 15 is 0 Å². The van der Waals surface area contributed by atoms with Crippen LogP contribution in [0.5, 0.6) is 0 Å². The lowest BCUT2D eigenvalue weighted by Gasteiger charge is -2.15. The summed E-state index contributed by atoms with van der Waals surface area (Å²) in [5.41, 5.74) is 14.8. The van der Waals surface area contributed by atoms with Gasteiger partial charge in [0.25, 0.3) is 5.91 Å². The minimum absolute atomic E-state index is 0.262. The predicted octanol–water partition coefficient (Wildman–Crippen LogP) is 2.54. The molecule has 6 nitrogen and oxygen atoms in total. The number of thiophene rings is 1. The number of benzene rings is 2. The first kappa shape index (κ1) is 18.6. The van der Waals surface area contributed by atoms with Gasteiger partial charge >= 0.3 is 0 Å². The van der Waals surface area contributed by atoms with E-state index in [9.17, 15) is 14.7 Å². The van der Waals surface area contributed by atoms with Crippen LogP contribution in [0.2, 0.25) is 0 Å². The Morgan fingerprint density at radius 1 is 1.11 bits per heavy atom. The maximum Gasteiger partial charge on any atom is 0.253 e. The quantitative estimate of drug-likeness (QED) is 0.508. The second-order valence-electron chi connectivity index (χ2n) is 5.97. The number of aliphatic hydroxyl groups excluding tert-OH is 1. The van der Waals surface area contributed by atoms with Crippen molar-refractivity contribution in [3.63, 3.8) is 0 Å². The van der Waals surface area contributed by atoms with Crippen molar-refractivity contribution >= 4 is 28.8 Å². The highest BCUT2D eigenvalue weighted by Gasteiger charge is 2.20. The molecule has 3 aromatic rings. The molecule has 0 radical (unpaired) electrons. The first-order valence-electron chi connectivity index (χ1n) is 8.19. The fraction of sp³-hybridized carbons (Fsp3) is 0.100. The second kappa shape index (κ2) is 7.61. The molecule has 0 aliphatic heterocycles. The first-order chi connectivity index (χ1) is 12.9. The molecule has 138 valence electrons. The summed E-state index contributed by atoms with van der Waals surface area (Å²) in [5, 5.41) is 14.6. The lowest BCUT2D eigenvalue weighted by Crippen LogP contribution is -2.25. The summed E-state index contributed by atoms with van der Waals surface area (Å²) in [7, 11) is 1.44. The zero-order valence-electron chi connectivity index (χ0n) is 14.6. The van der Waals surface area contributed by atoms with Crippen molar-refractivity contribution in [1.29, 1.82) is 0 Å². The van der Waals surface area contributed by atoms with Crippen LogP contribution in [-0.2, 0) is 4.79 Å². The van der Waals surface area contributed by atoms with Crippen LogP contribution < -0.4 is 16.8 Å². The molecule has 1 unspecified atom stereocenters. The van der Waals surface area contributed by atoms with E-state index in [1.165, 1.54) is 19.2 Å². The summed E-state index contributed by atoms with van der Waals surface area (Å²) in [6.07, 6.45) is -1.36. The zero-order valence-corrected chi connectivity index (χ0v) is 15.4. The fourth-order valence-corrected chi connectivity index (χ4v) is 3.57. The number of rotatable bonds is 5. The van der Waals surface area contributed by atoms with Gasteiger partial charge < -0.3 is 21.9 Å². The minimum Gasteiger partial charge on any atom is -0.398 e. The van der Waals surface area contributed by atoms with E-state index in [-0.39, 0.29) is 5.56 Å². The van der Waals surface area contributed by atoms with Crippen LogP contribution in [0, 0.1) is 0 Å². The number of amides is 2. The van der Waals surface area contributed by atoms with E-state index < -0.39 is 17.9 Å². The number of anilines is 1. The van der Waals surface area contributed by atoms with E-state index in [1.54, 1.807) is 23.5 Å². The summed E-state index contributed by atoms with van der Waals surface area (Å²) in [5.74, 6) is -1.17. The molecule has 0 aliphatic carbocycles. The molecule has 0 saturated carbocycles. The lowest BCUT2D eigenvalue weighted by atomic mass is 9.92. The van der Waals surface area contributed by atoms with Crippen LogP contribution in [0.25, 0.3) is 21.6 Å². The molecule has 0 fully saturated rings. The van der Waals surface area contributed by atoms with Gasteiger partial charge in [-0.2, -0.15) is 0 Å². The van der Waals surface area contributed by atoms with E-state index in [2.05, 4.69) is 5.32 Å². The molecular weight excluding hydrogens is 362 g/mol. The molecule has 27 heavy (non-hydrogen) atoms. The summed E-state index contributed by atoms with van der Waals surface area (Å²) in [6, 6.07) is 14.0. The summed E-state index contributed by atoms with van der Waals surface area (Å²) in [6.45, 7) is 0. The van der Waals surface area contributed by atoms with Crippen LogP contribution in [0.15, 0.2) is 53.9 Å². The number of primary amides is 1. The van der Waals surface area contributed by atoms with Gasteiger partial charge in [-0.05, 0) is 52.4 Å². The molecule has 3 rings (SSSR count). The van der Waals surface area contributed by atoms with E-state index in [4.69, 9.17) is 11.5 Å². The molecule has 1 atom stereocenters. The second-order valence-corrected chi connectivity index (χ2v) is 6.91. The van der Waals surface area contributed by atoms with Gasteiger partial charge in [0.2, 0.25) is 5.91 Å². The molecule has 6 N–H and O–H groups in total. The fourth-order valence-electron chi connectivity index (χ4n) is 2.84. The van der Waals surface area contributed by atoms with Gasteiger partial charge in [-0.1, -0.05) is 18.2 Å². The average Bonchev–Trinajstić information content (AvgIpc) is 3.21. The number of hydrogen-bond donors (Lipinski definition) is 4. The Labute approximate surface area is 160 Å².